The Kier molecular flexibility index (Phi) is 9.58. The zero-order chi connectivity index (χ0) is 23.1. The van der Waals surface area contributed by atoms with E-state index < -0.39 is 10.0 Å². The van der Waals surface area contributed by atoms with Gasteiger partial charge in [0.1, 0.15) is 0 Å². The summed E-state index contributed by atoms with van der Waals surface area (Å²) in [6.45, 7) is 1.13. The van der Waals surface area contributed by atoms with Crippen LogP contribution in [0.4, 0.5) is 0 Å². The summed E-state index contributed by atoms with van der Waals surface area (Å²) in [6, 6.07) is 12.5. The summed E-state index contributed by atoms with van der Waals surface area (Å²) < 4.78 is 27.2. The molecule has 0 saturated carbocycles. The number of rotatable bonds is 9. The maximum atomic E-state index is 12.9. The van der Waals surface area contributed by atoms with Gasteiger partial charge in [-0.2, -0.15) is 11.8 Å². The van der Waals surface area contributed by atoms with Crippen molar-refractivity contribution in [2.45, 2.75) is 24.3 Å². The minimum Gasteiger partial charge on any atom is -0.355 e. The third-order valence-corrected chi connectivity index (χ3v) is 8.85. The highest BCUT2D eigenvalue weighted by molar-refractivity contribution is 7.98. The van der Waals surface area contributed by atoms with Gasteiger partial charge in [-0.1, -0.05) is 53.0 Å². The van der Waals surface area contributed by atoms with Crippen molar-refractivity contribution in [2.75, 3.05) is 25.4 Å². The van der Waals surface area contributed by atoms with Crippen molar-refractivity contribution in [1.29, 1.82) is 0 Å². The molecule has 0 spiro atoms. The van der Waals surface area contributed by atoms with E-state index in [2.05, 4.69) is 5.32 Å². The number of benzene rings is 2. The van der Waals surface area contributed by atoms with Crippen LogP contribution in [-0.2, 0) is 26.3 Å². The number of sulfonamides is 1. The number of nitrogens with zero attached hydrogens (tertiary/aromatic N) is 1. The molecule has 3 rings (SSSR count). The van der Waals surface area contributed by atoms with Crippen molar-refractivity contribution < 1.29 is 13.2 Å². The van der Waals surface area contributed by atoms with E-state index in [0.717, 1.165) is 17.1 Å². The molecule has 0 bridgehead atoms. The van der Waals surface area contributed by atoms with Gasteiger partial charge in [-0.15, -0.1) is 0 Å². The van der Waals surface area contributed by atoms with Crippen LogP contribution in [0.3, 0.4) is 0 Å². The topological polar surface area (TPSA) is 66.5 Å². The van der Waals surface area contributed by atoms with Crippen molar-refractivity contribution in [2.24, 2.45) is 5.92 Å². The lowest BCUT2D eigenvalue weighted by Gasteiger charge is -2.31. The second-order valence-electron chi connectivity index (χ2n) is 7.66. The largest absolute Gasteiger partial charge is 0.355 e. The number of halogens is 3. The van der Waals surface area contributed by atoms with Gasteiger partial charge in [0.05, 0.1) is 11.7 Å². The minimum absolute atomic E-state index is 0.0993. The SMILES string of the molecule is O=C(NCCSCc1cccc(Cl)c1)C1CCCN(S(=O)(=O)Cc2ccc(Cl)cc2Cl)C1. The van der Waals surface area contributed by atoms with Crippen LogP contribution in [-0.4, -0.2) is 44.0 Å². The molecular weight excluding hydrogens is 511 g/mol. The average Bonchev–Trinajstić information content (AvgIpc) is 2.75. The third-order valence-electron chi connectivity index (χ3n) is 5.20. The van der Waals surface area contributed by atoms with Gasteiger partial charge in [0.25, 0.3) is 0 Å². The smallest absolute Gasteiger partial charge is 0.224 e. The first-order valence-corrected chi connectivity index (χ1v) is 14.2. The Hall–Kier alpha value is -0.960. The van der Waals surface area contributed by atoms with Gasteiger partial charge in [-0.25, -0.2) is 12.7 Å². The molecule has 10 heteroatoms. The summed E-state index contributed by atoms with van der Waals surface area (Å²) in [5, 5.41) is 4.44. The summed E-state index contributed by atoms with van der Waals surface area (Å²) in [6.07, 6.45) is 1.32. The van der Waals surface area contributed by atoms with Gasteiger partial charge in [-0.3, -0.25) is 4.79 Å². The predicted octanol–water partition coefficient (Wildman–Crippen LogP) is 5.24. The first-order valence-electron chi connectivity index (χ1n) is 10.3. The Bertz CT molecular complexity index is 1050. The molecule has 0 aliphatic carbocycles. The van der Waals surface area contributed by atoms with Gasteiger partial charge in [-0.05, 0) is 48.2 Å². The van der Waals surface area contributed by atoms with E-state index in [1.54, 1.807) is 23.9 Å². The number of thioether (sulfide) groups is 1. The lowest BCUT2D eigenvalue weighted by Crippen LogP contribution is -2.46. The Labute approximate surface area is 208 Å². The highest BCUT2D eigenvalue weighted by Gasteiger charge is 2.32. The standard InChI is InChI=1S/C22H25Cl3N2O3S2/c23-19-5-1-3-16(11-19)14-31-10-8-26-22(28)17-4-2-9-27(13-17)32(29,30)15-18-6-7-20(24)12-21(18)25/h1,3,5-7,11-12,17H,2,4,8-10,13-15H2,(H,26,28). The second-order valence-corrected chi connectivity index (χ2v) is 12.0. The molecule has 2 aromatic carbocycles. The highest BCUT2D eigenvalue weighted by atomic mass is 35.5. The zero-order valence-electron chi connectivity index (χ0n) is 17.4. The summed E-state index contributed by atoms with van der Waals surface area (Å²) in [5.74, 6) is 0.925. The van der Waals surface area contributed by atoms with Gasteiger partial charge >= 0.3 is 0 Å². The lowest BCUT2D eigenvalue weighted by atomic mass is 9.99. The fraction of sp³-hybridized carbons (Fsp3) is 0.409. The van der Waals surface area contributed by atoms with Gasteiger partial charge in [0, 0.05) is 46.2 Å². The number of hydrogen-bond acceptors (Lipinski definition) is 4. The van der Waals surface area contributed by atoms with Crippen molar-refractivity contribution >= 4 is 62.5 Å². The van der Waals surface area contributed by atoms with Crippen LogP contribution in [0.5, 0.6) is 0 Å². The van der Waals surface area contributed by atoms with Crippen LogP contribution in [0.1, 0.15) is 24.0 Å². The van der Waals surface area contributed by atoms with Crippen LogP contribution in [0, 0.1) is 5.92 Å². The first kappa shape index (κ1) is 25.7. The Morgan fingerprint density at radius 1 is 1.12 bits per heavy atom. The second kappa shape index (κ2) is 12.0. The molecule has 1 fully saturated rings. The first-order chi connectivity index (χ1) is 15.2. The molecule has 5 nitrogen and oxygen atoms in total. The van der Waals surface area contributed by atoms with Gasteiger partial charge < -0.3 is 5.32 Å². The quantitative estimate of drug-likeness (QED) is 0.446. The van der Waals surface area contributed by atoms with Gasteiger partial charge in [0.15, 0.2) is 0 Å². The van der Waals surface area contributed by atoms with E-state index in [-0.39, 0.29) is 24.1 Å². The summed E-state index contributed by atoms with van der Waals surface area (Å²) >= 11 is 19.7. The Morgan fingerprint density at radius 2 is 1.91 bits per heavy atom. The third kappa shape index (κ3) is 7.54. The summed E-state index contributed by atoms with van der Waals surface area (Å²) in [5.41, 5.74) is 1.64. The van der Waals surface area contributed by atoms with E-state index in [4.69, 9.17) is 34.8 Å². The fourth-order valence-electron chi connectivity index (χ4n) is 3.54. The zero-order valence-corrected chi connectivity index (χ0v) is 21.3. The number of amides is 1. The monoisotopic (exact) mass is 534 g/mol. The van der Waals surface area contributed by atoms with Crippen molar-refractivity contribution in [3.63, 3.8) is 0 Å². The average molecular weight is 536 g/mol. The molecule has 174 valence electrons. The van der Waals surface area contributed by atoms with Crippen molar-refractivity contribution in [3.8, 4) is 0 Å². The van der Waals surface area contributed by atoms with Crippen LogP contribution in [0.25, 0.3) is 0 Å². The maximum absolute atomic E-state index is 12.9. The number of piperidine rings is 1. The predicted molar refractivity (Wildman–Crippen MR) is 134 cm³/mol. The molecule has 1 amide bonds. The molecule has 1 unspecified atom stereocenters. The van der Waals surface area contributed by atoms with Crippen LogP contribution in [0.2, 0.25) is 15.1 Å². The van der Waals surface area contributed by atoms with E-state index >= 15 is 0 Å². The molecule has 0 radical (unpaired) electrons. The summed E-state index contributed by atoms with van der Waals surface area (Å²) in [7, 11) is -3.59. The number of nitrogens with one attached hydrogen (secondary N) is 1. The molecule has 1 saturated heterocycles. The van der Waals surface area contributed by atoms with Gasteiger partial charge in [0.2, 0.25) is 15.9 Å². The Balaban J connectivity index is 1.46. The lowest BCUT2D eigenvalue weighted by molar-refractivity contribution is -0.125. The highest BCUT2D eigenvalue weighted by Crippen LogP contribution is 2.26. The number of carbonyl (C=O) groups is 1. The van der Waals surface area contributed by atoms with Crippen LogP contribution < -0.4 is 5.32 Å². The van der Waals surface area contributed by atoms with Crippen LogP contribution in [0.15, 0.2) is 42.5 Å². The number of hydrogen-bond donors (Lipinski definition) is 1. The molecule has 1 atom stereocenters. The summed E-state index contributed by atoms with van der Waals surface area (Å²) in [4.78, 5) is 12.6. The van der Waals surface area contributed by atoms with E-state index in [1.165, 1.54) is 10.4 Å². The molecule has 1 aliphatic rings. The normalized spacial score (nSPS) is 17.3. The fourth-order valence-corrected chi connectivity index (χ4v) is 6.76. The molecule has 1 N–H and O–H groups in total. The molecule has 2 aromatic rings. The molecule has 1 heterocycles. The molecule has 0 aromatic heterocycles. The van der Waals surface area contributed by atoms with Crippen molar-refractivity contribution in [1.82, 2.24) is 9.62 Å². The van der Waals surface area contributed by atoms with Crippen LogP contribution >= 0.6 is 46.6 Å². The van der Waals surface area contributed by atoms with Crippen molar-refractivity contribution in [3.05, 3.63) is 68.7 Å². The molecule has 1 aliphatic heterocycles. The van der Waals surface area contributed by atoms with E-state index in [1.807, 2.05) is 24.3 Å². The molecular formula is C22H25Cl3N2O3S2. The molecule has 32 heavy (non-hydrogen) atoms. The maximum Gasteiger partial charge on any atom is 0.224 e. The number of carbonyl (C=O) groups excluding carboxylic acids is 1. The van der Waals surface area contributed by atoms with E-state index in [0.29, 0.717) is 46.6 Å². The van der Waals surface area contributed by atoms with E-state index in [9.17, 15) is 13.2 Å². The minimum atomic E-state index is -3.59. The Morgan fingerprint density at radius 3 is 2.66 bits per heavy atom.